The molecule has 0 saturated carbocycles. The lowest BCUT2D eigenvalue weighted by Gasteiger charge is -2.13. The monoisotopic (exact) mass is 348 g/mol. The predicted molar refractivity (Wildman–Crippen MR) is 85.3 cm³/mol. The summed E-state index contributed by atoms with van der Waals surface area (Å²) in [5.74, 6) is 0.201. The zero-order valence-electron chi connectivity index (χ0n) is 12.6. The maximum Gasteiger partial charge on any atom is 0.339 e. The van der Waals surface area contributed by atoms with Crippen LogP contribution in [0, 0.1) is 0 Å². The van der Waals surface area contributed by atoms with Crippen molar-refractivity contribution >= 4 is 29.3 Å². The summed E-state index contributed by atoms with van der Waals surface area (Å²) in [6.45, 7) is 1.58. The molecule has 3 rings (SSSR count). The van der Waals surface area contributed by atoms with Crippen molar-refractivity contribution in [2.75, 3.05) is 12.1 Å². The third-order valence-electron chi connectivity index (χ3n) is 3.24. The van der Waals surface area contributed by atoms with E-state index in [0.717, 1.165) is 0 Å². The molecule has 1 aromatic heterocycles. The lowest BCUT2D eigenvalue weighted by Crippen LogP contribution is -2.30. The third-order valence-corrected chi connectivity index (χ3v) is 3.46. The van der Waals surface area contributed by atoms with Gasteiger partial charge in [0.2, 0.25) is 6.79 Å². The molecule has 1 aliphatic heterocycles. The van der Waals surface area contributed by atoms with Crippen molar-refractivity contribution < 1.29 is 23.8 Å². The van der Waals surface area contributed by atoms with Crippen LogP contribution in [0.3, 0.4) is 0 Å². The SMILES string of the molecule is C[C@H](OC(=O)c1ccc2c(c1)OCO2)C(=O)Nc1ccc(Cl)cn1. The summed E-state index contributed by atoms with van der Waals surface area (Å²) in [7, 11) is 0. The Kier molecular flexibility index (Phi) is 4.52. The standard InChI is InChI=1S/C16H13ClN2O5/c1-9(15(20)19-14-5-3-11(17)7-18-14)24-16(21)10-2-4-12-13(6-10)23-8-22-12/h2-7,9H,8H2,1H3,(H,18,19,20)/t9-/m0/s1. The quantitative estimate of drug-likeness (QED) is 0.855. The molecule has 8 heteroatoms. The van der Waals surface area contributed by atoms with Gasteiger partial charge in [-0.25, -0.2) is 9.78 Å². The minimum absolute atomic E-state index is 0.112. The van der Waals surface area contributed by atoms with Crippen molar-refractivity contribution in [1.82, 2.24) is 4.98 Å². The molecule has 7 nitrogen and oxygen atoms in total. The number of aromatic nitrogens is 1. The predicted octanol–water partition coefficient (Wildman–Crippen LogP) is 2.65. The maximum atomic E-state index is 12.1. The van der Waals surface area contributed by atoms with Crippen LogP contribution in [0.25, 0.3) is 0 Å². The van der Waals surface area contributed by atoms with Crippen molar-refractivity contribution in [2.45, 2.75) is 13.0 Å². The number of nitrogens with zero attached hydrogens (tertiary/aromatic N) is 1. The fourth-order valence-corrected chi connectivity index (χ4v) is 2.10. The minimum atomic E-state index is -1.000. The van der Waals surface area contributed by atoms with E-state index in [1.807, 2.05) is 0 Å². The fraction of sp³-hybridized carbons (Fsp3) is 0.188. The number of carbonyl (C=O) groups is 2. The molecule has 1 amide bonds. The van der Waals surface area contributed by atoms with Gasteiger partial charge in [0.05, 0.1) is 10.6 Å². The summed E-state index contributed by atoms with van der Waals surface area (Å²) >= 11 is 5.72. The molecule has 1 aliphatic rings. The number of nitrogens with one attached hydrogen (secondary N) is 1. The average molecular weight is 349 g/mol. The molecular formula is C16H13ClN2O5. The molecule has 0 radical (unpaired) electrons. The van der Waals surface area contributed by atoms with Crippen molar-refractivity contribution in [3.8, 4) is 11.5 Å². The van der Waals surface area contributed by atoms with E-state index >= 15 is 0 Å². The molecule has 0 fully saturated rings. The van der Waals surface area contributed by atoms with Crippen LogP contribution < -0.4 is 14.8 Å². The summed E-state index contributed by atoms with van der Waals surface area (Å²) in [4.78, 5) is 28.1. The number of ether oxygens (including phenoxy) is 3. The molecule has 1 N–H and O–H groups in total. The lowest BCUT2D eigenvalue weighted by molar-refractivity contribution is -0.123. The van der Waals surface area contributed by atoms with Gasteiger partial charge in [-0.15, -0.1) is 0 Å². The van der Waals surface area contributed by atoms with Crippen LogP contribution in [-0.4, -0.2) is 29.8 Å². The van der Waals surface area contributed by atoms with Crippen LogP contribution in [0.5, 0.6) is 11.5 Å². The first-order chi connectivity index (χ1) is 11.5. The van der Waals surface area contributed by atoms with Gasteiger partial charge in [-0.1, -0.05) is 11.6 Å². The second-order valence-corrected chi connectivity index (χ2v) is 5.40. The van der Waals surface area contributed by atoms with Crippen LogP contribution in [0.15, 0.2) is 36.5 Å². The number of pyridine rings is 1. The summed E-state index contributed by atoms with van der Waals surface area (Å²) in [6.07, 6.45) is 0.404. The molecule has 124 valence electrons. The van der Waals surface area contributed by atoms with Gasteiger partial charge >= 0.3 is 5.97 Å². The fourth-order valence-electron chi connectivity index (χ4n) is 1.98. The van der Waals surface area contributed by atoms with Gasteiger partial charge < -0.3 is 19.5 Å². The molecule has 0 saturated heterocycles. The Morgan fingerprint density at radius 1 is 1.25 bits per heavy atom. The van der Waals surface area contributed by atoms with E-state index in [0.29, 0.717) is 22.3 Å². The van der Waals surface area contributed by atoms with Crippen LogP contribution in [0.1, 0.15) is 17.3 Å². The van der Waals surface area contributed by atoms with E-state index < -0.39 is 18.0 Å². The second kappa shape index (κ2) is 6.76. The Balaban J connectivity index is 1.61. The first kappa shape index (κ1) is 16.1. The van der Waals surface area contributed by atoms with Gasteiger partial charge in [0.25, 0.3) is 5.91 Å². The molecule has 2 heterocycles. The third kappa shape index (κ3) is 3.57. The highest BCUT2D eigenvalue weighted by Crippen LogP contribution is 2.32. The Morgan fingerprint density at radius 2 is 2.04 bits per heavy atom. The summed E-state index contributed by atoms with van der Waals surface area (Å²) in [6, 6.07) is 7.80. The molecule has 2 aromatic rings. The number of halogens is 1. The summed E-state index contributed by atoms with van der Waals surface area (Å²) < 4.78 is 15.5. The topological polar surface area (TPSA) is 86.8 Å². The number of hydrogen-bond acceptors (Lipinski definition) is 6. The Bertz CT molecular complexity index is 779. The number of anilines is 1. The number of rotatable bonds is 4. The molecule has 0 spiro atoms. The van der Waals surface area contributed by atoms with Crippen molar-refractivity contribution in [3.63, 3.8) is 0 Å². The zero-order valence-corrected chi connectivity index (χ0v) is 13.4. The van der Waals surface area contributed by atoms with Gasteiger partial charge in [-0.05, 0) is 37.3 Å². The Hall–Kier alpha value is -2.80. The second-order valence-electron chi connectivity index (χ2n) is 4.97. The zero-order chi connectivity index (χ0) is 17.1. The first-order valence-electron chi connectivity index (χ1n) is 7.06. The minimum Gasteiger partial charge on any atom is -0.454 e. The van der Waals surface area contributed by atoms with Crippen LogP contribution in [-0.2, 0) is 9.53 Å². The van der Waals surface area contributed by atoms with E-state index in [4.69, 9.17) is 25.8 Å². The number of esters is 1. The molecular weight excluding hydrogens is 336 g/mol. The number of hydrogen-bond donors (Lipinski definition) is 1. The van der Waals surface area contributed by atoms with Crippen molar-refractivity contribution in [2.24, 2.45) is 0 Å². The molecule has 0 unspecified atom stereocenters. The normalized spacial score (nSPS) is 13.2. The van der Waals surface area contributed by atoms with Gasteiger partial charge in [-0.2, -0.15) is 0 Å². The van der Waals surface area contributed by atoms with Gasteiger partial charge in [0.1, 0.15) is 5.82 Å². The number of benzene rings is 1. The smallest absolute Gasteiger partial charge is 0.339 e. The van der Waals surface area contributed by atoms with E-state index in [-0.39, 0.29) is 12.4 Å². The van der Waals surface area contributed by atoms with Gasteiger partial charge in [-0.3, -0.25) is 4.79 Å². The largest absolute Gasteiger partial charge is 0.454 e. The summed E-state index contributed by atoms with van der Waals surface area (Å²) in [5.41, 5.74) is 0.267. The highest BCUT2D eigenvalue weighted by Gasteiger charge is 2.22. The van der Waals surface area contributed by atoms with Gasteiger partial charge in [0, 0.05) is 6.20 Å². The van der Waals surface area contributed by atoms with E-state index in [9.17, 15) is 9.59 Å². The number of carbonyl (C=O) groups excluding carboxylic acids is 2. The lowest BCUT2D eigenvalue weighted by atomic mass is 10.2. The average Bonchev–Trinajstić information content (AvgIpc) is 3.04. The molecule has 0 bridgehead atoms. The Labute approximate surface area is 142 Å². The summed E-state index contributed by atoms with van der Waals surface area (Å²) in [5, 5.41) is 2.99. The van der Waals surface area contributed by atoms with E-state index in [1.165, 1.54) is 19.2 Å². The van der Waals surface area contributed by atoms with Crippen LogP contribution in [0.4, 0.5) is 5.82 Å². The highest BCUT2D eigenvalue weighted by molar-refractivity contribution is 6.30. The molecule has 1 atom stereocenters. The van der Waals surface area contributed by atoms with E-state index in [2.05, 4.69) is 10.3 Å². The number of fused-ring (bicyclic) bond motifs is 1. The molecule has 24 heavy (non-hydrogen) atoms. The molecule has 1 aromatic carbocycles. The molecule has 0 aliphatic carbocycles. The van der Waals surface area contributed by atoms with Gasteiger partial charge in [0.15, 0.2) is 17.6 Å². The number of amides is 1. The Morgan fingerprint density at radius 3 is 2.79 bits per heavy atom. The van der Waals surface area contributed by atoms with Crippen molar-refractivity contribution in [1.29, 1.82) is 0 Å². The van der Waals surface area contributed by atoms with Crippen LogP contribution >= 0.6 is 11.6 Å². The van der Waals surface area contributed by atoms with Crippen LogP contribution in [0.2, 0.25) is 5.02 Å². The van der Waals surface area contributed by atoms with E-state index in [1.54, 1.807) is 24.3 Å². The maximum absolute atomic E-state index is 12.1. The highest BCUT2D eigenvalue weighted by atomic mass is 35.5. The first-order valence-corrected chi connectivity index (χ1v) is 7.44. The van der Waals surface area contributed by atoms with Crippen molar-refractivity contribution in [3.05, 3.63) is 47.1 Å².